The minimum Gasteiger partial charge on any atom is -0.493 e. The summed E-state index contributed by atoms with van der Waals surface area (Å²) in [6.45, 7) is 1.15. The van der Waals surface area contributed by atoms with Gasteiger partial charge in [0.15, 0.2) is 17.1 Å². The Morgan fingerprint density at radius 2 is 2.12 bits per heavy atom. The van der Waals surface area contributed by atoms with Gasteiger partial charge < -0.3 is 18.8 Å². The Balaban J connectivity index is 1.50. The zero-order chi connectivity index (χ0) is 17.9. The maximum absolute atomic E-state index is 12.9. The van der Waals surface area contributed by atoms with Crippen LogP contribution < -0.4 is 9.47 Å². The van der Waals surface area contributed by atoms with E-state index in [9.17, 15) is 4.79 Å². The number of methoxy groups -OCH3 is 1. The second kappa shape index (κ2) is 7.03. The van der Waals surface area contributed by atoms with E-state index in [2.05, 4.69) is 9.97 Å². The number of amides is 1. The van der Waals surface area contributed by atoms with Crippen LogP contribution in [0.25, 0.3) is 11.0 Å². The highest BCUT2D eigenvalue weighted by Gasteiger charge is 2.28. The molecule has 134 valence electrons. The van der Waals surface area contributed by atoms with Crippen LogP contribution in [0.15, 0.2) is 47.1 Å². The molecule has 0 saturated carbocycles. The van der Waals surface area contributed by atoms with E-state index in [-0.39, 0.29) is 12.0 Å². The fraction of sp³-hybridized carbons (Fsp3) is 0.316. The van der Waals surface area contributed by atoms with Crippen molar-refractivity contribution in [3.63, 3.8) is 0 Å². The van der Waals surface area contributed by atoms with Crippen molar-refractivity contribution in [1.29, 1.82) is 0 Å². The molecule has 1 aliphatic heterocycles. The quantitative estimate of drug-likeness (QED) is 0.718. The number of rotatable bonds is 4. The SMILES string of the molecule is COc1cccc2cc(C(=O)N3CCCC(Oc4ncccn4)C3)oc12. The molecule has 1 fully saturated rings. The number of nitrogens with zero attached hydrogens (tertiary/aromatic N) is 3. The van der Waals surface area contributed by atoms with Crippen molar-refractivity contribution in [3.05, 3.63) is 48.5 Å². The standard InChI is InChI=1S/C19H19N3O4/c1-24-15-7-2-5-13-11-16(26-17(13)15)18(23)22-10-3-6-14(12-22)25-19-20-8-4-9-21-19/h2,4-5,7-9,11,14H,3,6,10,12H2,1H3. The third kappa shape index (κ3) is 3.20. The first-order valence-corrected chi connectivity index (χ1v) is 8.54. The highest BCUT2D eigenvalue weighted by Crippen LogP contribution is 2.29. The number of likely N-dealkylation sites (tertiary alicyclic amines) is 1. The Labute approximate surface area is 150 Å². The molecule has 0 N–H and O–H groups in total. The number of furan rings is 1. The van der Waals surface area contributed by atoms with Crippen molar-refractivity contribution >= 4 is 16.9 Å². The summed E-state index contributed by atoms with van der Waals surface area (Å²) >= 11 is 0. The normalized spacial score (nSPS) is 17.3. The van der Waals surface area contributed by atoms with Gasteiger partial charge in [-0.1, -0.05) is 12.1 Å². The van der Waals surface area contributed by atoms with Crippen LogP contribution in [-0.4, -0.2) is 47.1 Å². The molecular formula is C19H19N3O4. The second-order valence-corrected chi connectivity index (χ2v) is 6.15. The number of fused-ring (bicyclic) bond motifs is 1. The van der Waals surface area contributed by atoms with E-state index in [0.29, 0.717) is 36.2 Å². The van der Waals surface area contributed by atoms with Gasteiger partial charge in [0.1, 0.15) is 6.10 Å². The van der Waals surface area contributed by atoms with Gasteiger partial charge in [-0.15, -0.1) is 0 Å². The molecule has 4 rings (SSSR count). The van der Waals surface area contributed by atoms with E-state index >= 15 is 0 Å². The fourth-order valence-electron chi connectivity index (χ4n) is 3.17. The maximum Gasteiger partial charge on any atom is 0.316 e. The molecule has 1 saturated heterocycles. The number of hydrogen-bond donors (Lipinski definition) is 0. The predicted molar refractivity (Wildman–Crippen MR) is 94.4 cm³/mol. The van der Waals surface area contributed by atoms with Gasteiger partial charge in [0.2, 0.25) is 0 Å². The molecule has 1 aromatic carbocycles. The van der Waals surface area contributed by atoms with Crippen LogP contribution in [0.3, 0.4) is 0 Å². The van der Waals surface area contributed by atoms with E-state index in [4.69, 9.17) is 13.9 Å². The van der Waals surface area contributed by atoms with Crippen LogP contribution in [0.1, 0.15) is 23.4 Å². The largest absolute Gasteiger partial charge is 0.493 e. The molecule has 0 spiro atoms. The number of ether oxygens (including phenoxy) is 2. The lowest BCUT2D eigenvalue weighted by molar-refractivity contribution is 0.0491. The molecular weight excluding hydrogens is 334 g/mol. The Morgan fingerprint density at radius 1 is 1.27 bits per heavy atom. The van der Waals surface area contributed by atoms with Gasteiger partial charge in [0.25, 0.3) is 5.91 Å². The van der Waals surface area contributed by atoms with Crippen molar-refractivity contribution in [2.24, 2.45) is 0 Å². The Morgan fingerprint density at radius 3 is 2.92 bits per heavy atom. The summed E-state index contributed by atoms with van der Waals surface area (Å²) in [5.74, 6) is 0.772. The summed E-state index contributed by atoms with van der Waals surface area (Å²) in [5.41, 5.74) is 0.584. The number of benzene rings is 1. The summed E-state index contributed by atoms with van der Waals surface area (Å²) in [6.07, 6.45) is 4.85. The van der Waals surface area contributed by atoms with Crippen LogP contribution >= 0.6 is 0 Å². The molecule has 2 aromatic heterocycles. The maximum atomic E-state index is 12.9. The summed E-state index contributed by atoms with van der Waals surface area (Å²) in [5, 5.41) is 0.843. The summed E-state index contributed by atoms with van der Waals surface area (Å²) in [7, 11) is 1.58. The number of carbonyl (C=O) groups excluding carboxylic acids is 1. The van der Waals surface area contributed by atoms with Gasteiger partial charge >= 0.3 is 6.01 Å². The molecule has 1 amide bonds. The third-order valence-corrected chi connectivity index (χ3v) is 4.42. The summed E-state index contributed by atoms with van der Waals surface area (Å²) in [6, 6.07) is 9.40. The molecule has 3 aromatic rings. The molecule has 1 unspecified atom stereocenters. The van der Waals surface area contributed by atoms with E-state index < -0.39 is 0 Å². The number of para-hydroxylation sites is 1. The molecule has 7 heteroatoms. The number of aromatic nitrogens is 2. The molecule has 1 atom stereocenters. The van der Waals surface area contributed by atoms with Crippen molar-refractivity contribution < 1.29 is 18.7 Å². The summed E-state index contributed by atoms with van der Waals surface area (Å²) in [4.78, 5) is 22.8. The van der Waals surface area contributed by atoms with Crippen LogP contribution in [0, 0.1) is 0 Å². The lowest BCUT2D eigenvalue weighted by Crippen LogP contribution is -2.44. The highest BCUT2D eigenvalue weighted by atomic mass is 16.5. The van der Waals surface area contributed by atoms with Crippen LogP contribution in [-0.2, 0) is 0 Å². The molecule has 26 heavy (non-hydrogen) atoms. The number of piperidine rings is 1. The minimum atomic E-state index is -0.148. The Hall–Kier alpha value is -3.09. The lowest BCUT2D eigenvalue weighted by Gasteiger charge is -2.31. The van der Waals surface area contributed by atoms with E-state index in [1.807, 2.05) is 18.2 Å². The molecule has 0 radical (unpaired) electrons. The molecule has 0 bridgehead atoms. The first-order valence-electron chi connectivity index (χ1n) is 8.54. The number of carbonyl (C=O) groups is 1. The van der Waals surface area contributed by atoms with Crippen LogP contribution in [0.5, 0.6) is 11.8 Å². The third-order valence-electron chi connectivity index (χ3n) is 4.42. The van der Waals surface area contributed by atoms with Gasteiger partial charge in [0, 0.05) is 24.3 Å². The van der Waals surface area contributed by atoms with Gasteiger partial charge in [-0.3, -0.25) is 4.79 Å². The summed E-state index contributed by atoms with van der Waals surface area (Å²) < 4.78 is 16.9. The minimum absolute atomic E-state index is 0.131. The van der Waals surface area contributed by atoms with Crippen LogP contribution in [0.2, 0.25) is 0 Å². The second-order valence-electron chi connectivity index (χ2n) is 6.15. The highest BCUT2D eigenvalue weighted by molar-refractivity contribution is 5.97. The predicted octanol–water partition coefficient (Wildman–Crippen LogP) is 2.92. The van der Waals surface area contributed by atoms with Gasteiger partial charge in [-0.2, -0.15) is 0 Å². The first-order chi connectivity index (χ1) is 12.7. The zero-order valence-corrected chi connectivity index (χ0v) is 14.4. The molecule has 0 aliphatic carbocycles. The topological polar surface area (TPSA) is 77.7 Å². The van der Waals surface area contributed by atoms with Crippen molar-refractivity contribution in [3.8, 4) is 11.8 Å². The van der Waals surface area contributed by atoms with Gasteiger partial charge in [-0.05, 0) is 31.0 Å². The van der Waals surface area contributed by atoms with Crippen molar-refractivity contribution in [2.75, 3.05) is 20.2 Å². The van der Waals surface area contributed by atoms with Gasteiger partial charge in [-0.25, -0.2) is 9.97 Å². The van der Waals surface area contributed by atoms with E-state index in [0.717, 1.165) is 18.2 Å². The monoisotopic (exact) mass is 353 g/mol. The fourth-order valence-corrected chi connectivity index (χ4v) is 3.17. The molecule has 3 heterocycles. The first kappa shape index (κ1) is 16.4. The van der Waals surface area contributed by atoms with E-state index in [1.54, 1.807) is 36.5 Å². The Kier molecular flexibility index (Phi) is 4.43. The van der Waals surface area contributed by atoms with Crippen molar-refractivity contribution in [1.82, 2.24) is 14.9 Å². The lowest BCUT2D eigenvalue weighted by atomic mass is 10.1. The van der Waals surface area contributed by atoms with Crippen LogP contribution in [0.4, 0.5) is 0 Å². The van der Waals surface area contributed by atoms with Crippen molar-refractivity contribution in [2.45, 2.75) is 18.9 Å². The van der Waals surface area contributed by atoms with Gasteiger partial charge in [0.05, 0.1) is 13.7 Å². The molecule has 7 nitrogen and oxygen atoms in total. The molecule has 1 aliphatic rings. The average molecular weight is 353 g/mol. The number of hydrogen-bond acceptors (Lipinski definition) is 6. The Bertz CT molecular complexity index is 910. The smallest absolute Gasteiger partial charge is 0.316 e. The average Bonchev–Trinajstić information content (AvgIpc) is 3.12. The van der Waals surface area contributed by atoms with E-state index in [1.165, 1.54) is 0 Å². The zero-order valence-electron chi connectivity index (χ0n) is 14.4.